The standard InChI is InChI=1S/C21H21F3N4O2/c1-12-5-4-6-14(7-12)27(3)20(30)18-9-15(29)11-28(18)19-16(10-25)17(21(22,23)24)8-13(2)26-19/h4-8,15,18,29H,9,11H2,1-3H3/t15-,18-/m0/s1. The summed E-state index contributed by atoms with van der Waals surface area (Å²) in [5.74, 6) is -0.643. The Labute approximate surface area is 172 Å². The Morgan fingerprint density at radius 1 is 1.33 bits per heavy atom. The first-order valence-corrected chi connectivity index (χ1v) is 9.30. The zero-order valence-corrected chi connectivity index (χ0v) is 16.7. The van der Waals surface area contributed by atoms with Gasteiger partial charge in [0.2, 0.25) is 5.91 Å². The number of alkyl halides is 3. The minimum atomic E-state index is -4.75. The molecule has 1 amide bonds. The van der Waals surface area contributed by atoms with Gasteiger partial charge >= 0.3 is 6.18 Å². The number of aromatic nitrogens is 1. The Morgan fingerprint density at radius 2 is 2.03 bits per heavy atom. The van der Waals surface area contributed by atoms with Crippen LogP contribution in [0.4, 0.5) is 24.7 Å². The van der Waals surface area contributed by atoms with Crippen molar-refractivity contribution in [3.05, 3.63) is 52.7 Å². The highest BCUT2D eigenvalue weighted by Crippen LogP contribution is 2.38. The highest BCUT2D eigenvalue weighted by atomic mass is 19.4. The van der Waals surface area contributed by atoms with E-state index in [2.05, 4.69) is 4.98 Å². The molecule has 1 aromatic heterocycles. The van der Waals surface area contributed by atoms with Crippen molar-refractivity contribution in [1.82, 2.24) is 4.98 Å². The van der Waals surface area contributed by atoms with Gasteiger partial charge in [-0.2, -0.15) is 18.4 Å². The average molecular weight is 418 g/mol. The summed E-state index contributed by atoms with van der Waals surface area (Å²) in [5.41, 5.74) is -0.131. The molecule has 1 saturated heterocycles. The number of anilines is 2. The third kappa shape index (κ3) is 4.09. The number of aryl methyl sites for hydroxylation is 2. The van der Waals surface area contributed by atoms with Gasteiger partial charge in [-0.3, -0.25) is 4.79 Å². The predicted octanol–water partition coefficient (Wildman–Crippen LogP) is 3.19. The number of β-amino-alcohol motifs (C(OH)–C–C–N with tert-alkyl or cyclic N) is 1. The SMILES string of the molecule is Cc1cccc(N(C)C(=O)[C@@H]2C[C@H](O)CN2c2nc(C)cc(C(F)(F)F)c2C#N)c1. The number of amides is 1. The molecule has 0 unspecified atom stereocenters. The Balaban J connectivity index is 2.04. The molecule has 1 aliphatic rings. The Bertz CT molecular complexity index is 1020. The molecule has 158 valence electrons. The van der Waals surface area contributed by atoms with Crippen LogP contribution in [0, 0.1) is 25.2 Å². The van der Waals surface area contributed by atoms with Gasteiger partial charge in [-0.25, -0.2) is 4.98 Å². The van der Waals surface area contributed by atoms with Crippen molar-refractivity contribution in [1.29, 1.82) is 5.26 Å². The predicted molar refractivity (Wildman–Crippen MR) is 105 cm³/mol. The second-order valence-electron chi connectivity index (χ2n) is 7.41. The zero-order chi connectivity index (χ0) is 22.2. The maximum absolute atomic E-state index is 13.5. The van der Waals surface area contributed by atoms with E-state index in [9.17, 15) is 28.3 Å². The van der Waals surface area contributed by atoms with Crippen LogP contribution in [0.25, 0.3) is 0 Å². The Morgan fingerprint density at radius 3 is 2.63 bits per heavy atom. The molecule has 0 radical (unpaired) electrons. The number of carbonyl (C=O) groups is 1. The van der Waals surface area contributed by atoms with E-state index in [1.807, 2.05) is 13.0 Å². The number of nitrogens with zero attached hydrogens (tertiary/aromatic N) is 4. The van der Waals surface area contributed by atoms with Crippen molar-refractivity contribution in [2.45, 2.75) is 38.6 Å². The first-order valence-electron chi connectivity index (χ1n) is 9.30. The molecule has 0 spiro atoms. The maximum Gasteiger partial charge on any atom is 0.417 e. The van der Waals surface area contributed by atoms with Gasteiger partial charge in [0.1, 0.15) is 23.5 Å². The highest BCUT2D eigenvalue weighted by molar-refractivity contribution is 5.99. The number of nitriles is 1. The van der Waals surface area contributed by atoms with Gasteiger partial charge < -0.3 is 14.9 Å². The van der Waals surface area contributed by atoms with Crippen molar-refractivity contribution < 1.29 is 23.1 Å². The van der Waals surface area contributed by atoms with Crippen LogP contribution in [-0.2, 0) is 11.0 Å². The largest absolute Gasteiger partial charge is 0.417 e. The molecule has 1 aromatic carbocycles. The van der Waals surface area contributed by atoms with Gasteiger partial charge in [-0.15, -0.1) is 0 Å². The summed E-state index contributed by atoms with van der Waals surface area (Å²) in [6.07, 6.45) is -5.66. The summed E-state index contributed by atoms with van der Waals surface area (Å²) in [6, 6.07) is 8.67. The zero-order valence-electron chi connectivity index (χ0n) is 16.7. The fourth-order valence-corrected chi connectivity index (χ4v) is 3.67. The van der Waals surface area contributed by atoms with Gasteiger partial charge in [0, 0.05) is 31.4 Å². The van der Waals surface area contributed by atoms with Crippen LogP contribution in [0.2, 0.25) is 0 Å². The maximum atomic E-state index is 13.5. The normalized spacial score (nSPS) is 18.9. The summed E-state index contributed by atoms with van der Waals surface area (Å²) in [6.45, 7) is 3.17. The smallest absolute Gasteiger partial charge is 0.391 e. The van der Waals surface area contributed by atoms with E-state index in [0.29, 0.717) is 5.69 Å². The molecule has 0 bridgehead atoms. The topological polar surface area (TPSA) is 80.5 Å². The third-order valence-electron chi connectivity index (χ3n) is 5.10. The molecule has 0 saturated carbocycles. The Kier molecular flexibility index (Phi) is 5.72. The van der Waals surface area contributed by atoms with E-state index in [-0.39, 0.29) is 24.5 Å². The van der Waals surface area contributed by atoms with E-state index >= 15 is 0 Å². The quantitative estimate of drug-likeness (QED) is 0.828. The second kappa shape index (κ2) is 7.95. The van der Waals surface area contributed by atoms with Crippen molar-refractivity contribution >= 4 is 17.4 Å². The molecule has 2 heterocycles. The lowest BCUT2D eigenvalue weighted by Gasteiger charge is -2.30. The molecule has 1 aliphatic heterocycles. The van der Waals surface area contributed by atoms with Crippen molar-refractivity contribution in [3.8, 4) is 6.07 Å². The van der Waals surface area contributed by atoms with Gasteiger partial charge in [0.25, 0.3) is 0 Å². The number of hydrogen-bond donors (Lipinski definition) is 1. The lowest BCUT2D eigenvalue weighted by Crippen LogP contribution is -2.45. The lowest BCUT2D eigenvalue weighted by atomic mass is 10.1. The number of aliphatic hydroxyl groups excluding tert-OH is 1. The summed E-state index contributed by atoms with van der Waals surface area (Å²) in [4.78, 5) is 20.0. The lowest BCUT2D eigenvalue weighted by molar-refractivity contribution is -0.137. The van der Waals surface area contributed by atoms with Crippen LogP contribution in [0.15, 0.2) is 30.3 Å². The minimum absolute atomic E-state index is 0.0246. The minimum Gasteiger partial charge on any atom is -0.391 e. The Hall–Kier alpha value is -3.12. The van der Waals surface area contributed by atoms with Crippen LogP contribution < -0.4 is 9.80 Å². The van der Waals surface area contributed by atoms with E-state index in [4.69, 9.17) is 0 Å². The van der Waals surface area contributed by atoms with Crippen LogP contribution in [-0.4, -0.2) is 41.7 Å². The number of rotatable bonds is 3. The number of pyridine rings is 1. The van der Waals surface area contributed by atoms with Crippen molar-refractivity contribution in [3.63, 3.8) is 0 Å². The molecule has 2 aromatic rings. The number of hydrogen-bond acceptors (Lipinski definition) is 5. The monoisotopic (exact) mass is 418 g/mol. The molecule has 1 fully saturated rings. The van der Waals surface area contributed by atoms with E-state index < -0.39 is 35.4 Å². The molecule has 9 heteroatoms. The summed E-state index contributed by atoms with van der Waals surface area (Å²) in [5, 5.41) is 19.6. The van der Waals surface area contributed by atoms with E-state index in [0.717, 1.165) is 11.6 Å². The van der Waals surface area contributed by atoms with Gasteiger partial charge in [0.05, 0.1) is 11.7 Å². The van der Waals surface area contributed by atoms with Crippen LogP contribution >= 0.6 is 0 Å². The molecule has 0 aliphatic carbocycles. The van der Waals surface area contributed by atoms with Crippen molar-refractivity contribution in [2.75, 3.05) is 23.4 Å². The molecule has 30 heavy (non-hydrogen) atoms. The van der Waals surface area contributed by atoms with Crippen LogP contribution in [0.3, 0.4) is 0 Å². The third-order valence-corrected chi connectivity index (χ3v) is 5.10. The molecule has 2 atom stereocenters. The average Bonchev–Trinajstić information content (AvgIpc) is 3.07. The molecular weight excluding hydrogens is 397 g/mol. The number of aliphatic hydroxyl groups is 1. The highest BCUT2D eigenvalue weighted by Gasteiger charge is 2.42. The molecule has 3 rings (SSSR count). The molecular formula is C21H21F3N4O2. The van der Waals surface area contributed by atoms with Crippen molar-refractivity contribution in [2.24, 2.45) is 0 Å². The summed E-state index contributed by atoms with van der Waals surface area (Å²) in [7, 11) is 1.57. The van der Waals surface area contributed by atoms with Gasteiger partial charge in [-0.1, -0.05) is 12.1 Å². The van der Waals surface area contributed by atoms with Crippen LogP contribution in [0.5, 0.6) is 0 Å². The number of carbonyl (C=O) groups excluding carboxylic acids is 1. The van der Waals surface area contributed by atoms with E-state index in [1.54, 1.807) is 31.3 Å². The van der Waals surface area contributed by atoms with Crippen LogP contribution in [0.1, 0.15) is 28.8 Å². The summed E-state index contributed by atoms with van der Waals surface area (Å²) >= 11 is 0. The summed E-state index contributed by atoms with van der Waals surface area (Å²) < 4.78 is 40.4. The molecule has 1 N–H and O–H groups in total. The number of benzene rings is 1. The first-order chi connectivity index (χ1) is 14.0. The number of halogens is 3. The van der Waals surface area contributed by atoms with Gasteiger partial charge in [-0.05, 0) is 37.6 Å². The number of likely N-dealkylation sites (N-methyl/N-ethyl adjacent to an activating group) is 1. The van der Waals surface area contributed by atoms with Gasteiger partial charge in [0.15, 0.2) is 0 Å². The fraction of sp³-hybridized carbons (Fsp3) is 0.381. The molecule has 6 nitrogen and oxygen atoms in total. The van der Waals surface area contributed by atoms with E-state index in [1.165, 1.54) is 16.7 Å². The first kappa shape index (κ1) is 21.6. The second-order valence-corrected chi connectivity index (χ2v) is 7.41. The fourth-order valence-electron chi connectivity index (χ4n) is 3.67.